The zero-order valence-corrected chi connectivity index (χ0v) is 16.1. The highest BCUT2D eigenvalue weighted by Gasteiger charge is 2.04. The van der Waals surface area contributed by atoms with E-state index >= 15 is 0 Å². The molecule has 144 valence electrons. The molecule has 0 amide bonds. The van der Waals surface area contributed by atoms with Crippen LogP contribution in [0.3, 0.4) is 0 Å². The molecule has 0 aliphatic heterocycles. The Labute approximate surface area is 149 Å². The molecule has 0 saturated carbocycles. The van der Waals surface area contributed by atoms with Crippen LogP contribution < -0.4 is 0 Å². The molecule has 4 heteroatoms. The van der Waals surface area contributed by atoms with Gasteiger partial charge in [0.25, 0.3) is 0 Å². The van der Waals surface area contributed by atoms with E-state index in [4.69, 9.17) is 14.6 Å². The van der Waals surface area contributed by atoms with Gasteiger partial charge in [0.15, 0.2) is 6.29 Å². The van der Waals surface area contributed by atoms with Crippen molar-refractivity contribution in [2.75, 3.05) is 13.2 Å². The molecule has 0 aliphatic carbocycles. The van der Waals surface area contributed by atoms with Crippen LogP contribution in [0.2, 0.25) is 0 Å². The fourth-order valence-electron chi connectivity index (χ4n) is 2.78. The summed E-state index contributed by atoms with van der Waals surface area (Å²) in [6, 6.07) is 0. The summed E-state index contributed by atoms with van der Waals surface area (Å²) in [5.74, 6) is -0.957. The van der Waals surface area contributed by atoms with Gasteiger partial charge in [0.05, 0.1) is 0 Å². The minimum Gasteiger partial charge on any atom is -0.480 e. The Hall–Kier alpha value is -0.610. The lowest BCUT2D eigenvalue weighted by molar-refractivity contribution is -0.163. The highest BCUT2D eigenvalue weighted by Crippen LogP contribution is 2.13. The average Bonchev–Trinajstić information content (AvgIpc) is 2.56. The smallest absolute Gasteiger partial charge is 0.329 e. The van der Waals surface area contributed by atoms with E-state index in [1.165, 1.54) is 83.5 Å². The normalized spacial score (nSPS) is 12.4. The van der Waals surface area contributed by atoms with Gasteiger partial charge in [-0.15, -0.1) is 0 Å². The summed E-state index contributed by atoms with van der Waals surface area (Å²) in [6.07, 6.45) is 18.3. The van der Waals surface area contributed by atoms with Crippen LogP contribution in [0.4, 0.5) is 0 Å². The summed E-state index contributed by atoms with van der Waals surface area (Å²) in [5.41, 5.74) is 0. The van der Waals surface area contributed by atoms with Gasteiger partial charge in [-0.1, -0.05) is 90.4 Å². The van der Waals surface area contributed by atoms with Gasteiger partial charge in [-0.2, -0.15) is 0 Å². The third-order valence-corrected chi connectivity index (χ3v) is 4.29. The topological polar surface area (TPSA) is 55.8 Å². The Balaban J connectivity index is 3.08. The first-order valence-corrected chi connectivity index (χ1v) is 10.1. The van der Waals surface area contributed by atoms with Crippen LogP contribution in [-0.4, -0.2) is 30.6 Å². The van der Waals surface area contributed by atoms with Crippen LogP contribution in [0.15, 0.2) is 0 Å². The number of rotatable bonds is 19. The SMILES string of the molecule is CCCCCCCCCCCCCCCCOC(C)OCC(=O)O. The molecule has 0 bridgehead atoms. The quantitative estimate of drug-likeness (QED) is 0.233. The maximum absolute atomic E-state index is 10.3. The lowest BCUT2D eigenvalue weighted by atomic mass is 10.0. The first-order valence-electron chi connectivity index (χ1n) is 10.1. The minimum atomic E-state index is -0.957. The zero-order chi connectivity index (χ0) is 17.9. The monoisotopic (exact) mass is 344 g/mol. The predicted octanol–water partition coefficient (Wildman–Crippen LogP) is 5.93. The van der Waals surface area contributed by atoms with Crippen molar-refractivity contribution in [3.63, 3.8) is 0 Å². The van der Waals surface area contributed by atoms with Gasteiger partial charge >= 0.3 is 5.97 Å². The van der Waals surface area contributed by atoms with E-state index in [2.05, 4.69) is 6.92 Å². The summed E-state index contributed by atoms with van der Waals surface area (Å²) in [4.78, 5) is 10.3. The van der Waals surface area contributed by atoms with Crippen LogP contribution in [0.1, 0.15) is 104 Å². The fourth-order valence-corrected chi connectivity index (χ4v) is 2.78. The molecule has 0 fully saturated rings. The molecule has 4 nitrogen and oxygen atoms in total. The maximum atomic E-state index is 10.3. The van der Waals surface area contributed by atoms with E-state index in [1.807, 2.05) is 0 Å². The third kappa shape index (κ3) is 19.4. The lowest BCUT2D eigenvalue weighted by Crippen LogP contribution is -2.18. The number of hydrogen-bond donors (Lipinski definition) is 1. The third-order valence-electron chi connectivity index (χ3n) is 4.29. The summed E-state index contributed by atoms with van der Waals surface area (Å²) in [7, 11) is 0. The van der Waals surface area contributed by atoms with Crippen LogP contribution in [0, 0.1) is 0 Å². The van der Waals surface area contributed by atoms with Gasteiger partial charge in [0.2, 0.25) is 0 Å². The predicted molar refractivity (Wildman–Crippen MR) is 99.3 cm³/mol. The molecule has 0 aliphatic rings. The van der Waals surface area contributed by atoms with Crippen molar-refractivity contribution in [1.82, 2.24) is 0 Å². The summed E-state index contributed by atoms with van der Waals surface area (Å²) in [6.45, 7) is 4.37. The summed E-state index contributed by atoms with van der Waals surface area (Å²) < 4.78 is 10.4. The number of aliphatic carboxylic acids is 1. The van der Waals surface area contributed by atoms with Crippen molar-refractivity contribution in [2.45, 2.75) is 110 Å². The van der Waals surface area contributed by atoms with E-state index in [9.17, 15) is 4.79 Å². The molecule has 0 aromatic heterocycles. The lowest BCUT2D eigenvalue weighted by Gasteiger charge is -2.12. The molecule has 1 unspecified atom stereocenters. The number of ether oxygens (including phenoxy) is 2. The molecular formula is C20H40O4. The molecule has 0 aromatic rings. The standard InChI is InChI=1S/C20H40O4/c1-3-4-5-6-7-8-9-10-11-12-13-14-15-16-17-23-19(2)24-18-20(21)22/h19H,3-18H2,1-2H3,(H,21,22). The number of carbonyl (C=O) groups is 1. The highest BCUT2D eigenvalue weighted by molar-refractivity contribution is 5.67. The Morgan fingerprint density at radius 3 is 1.58 bits per heavy atom. The summed E-state index contributed by atoms with van der Waals surface area (Å²) >= 11 is 0. The van der Waals surface area contributed by atoms with Crippen molar-refractivity contribution in [3.05, 3.63) is 0 Å². The maximum Gasteiger partial charge on any atom is 0.329 e. The first kappa shape index (κ1) is 23.4. The minimum absolute atomic E-state index is 0.292. The molecule has 1 atom stereocenters. The van der Waals surface area contributed by atoms with Crippen LogP contribution in [0.25, 0.3) is 0 Å². The second kappa shape index (κ2) is 18.7. The molecular weight excluding hydrogens is 304 g/mol. The second-order valence-electron chi connectivity index (χ2n) is 6.74. The Morgan fingerprint density at radius 2 is 1.17 bits per heavy atom. The Morgan fingerprint density at radius 1 is 0.750 bits per heavy atom. The van der Waals surface area contributed by atoms with E-state index < -0.39 is 12.3 Å². The van der Waals surface area contributed by atoms with E-state index in [1.54, 1.807) is 6.92 Å². The number of carboxylic acid groups (broad SMARTS) is 1. The molecule has 0 aromatic carbocycles. The second-order valence-corrected chi connectivity index (χ2v) is 6.74. The zero-order valence-electron chi connectivity index (χ0n) is 16.1. The number of carboxylic acids is 1. The van der Waals surface area contributed by atoms with Gasteiger partial charge in [0.1, 0.15) is 6.61 Å². The van der Waals surface area contributed by atoms with Crippen molar-refractivity contribution in [2.24, 2.45) is 0 Å². The van der Waals surface area contributed by atoms with E-state index in [0.29, 0.717) is 6.61 Å². The van der Waals surface area contributed by atoms with Crippen molar-refractivity contribution >= 4 is 5.97 Å². The van der Waals surface area contributed by atoms with Gasteiger partial charge in [-0.3, -0.25) is 0 Å². The van der Waals surface area contributed by atoms with Crippen LogP contribution >= 0.6 is 0 Å². The van der Waals surface area contributed by atoms with Crippen molar-refractivity contribution in [1.29, 1.82) is 0 Å². The highest BCUT2D eigenvalue weighted by atomic mass is 16.7. The van der Waals surface area contributed by atoms with Crippen LogP contribution in [-0.2, 0) is 14.3 Å². The molecule has 0 radical (unpaired) electrons. The van der Waals surface area contributed by atoms with E-state index in [0.717, 1.165) is 6.42 Å². The average molecular weight is 345 g/mol. The number of unbranched alkanes of at least 4 members (excludes halogenated alkanes) is 13. The van der Waals surface area contributed by atoms with Crippen LogP contribution in [0.5, 0.6) is 0 Å². The van der Waals surface area contributed by atoms with Gasteiger partial charge < -0.3 is 14.6 Å². The summed E-state index contributed by atoms with van der Waals surface area (Å²) in [5, 5.41) is 8.49. The largest absolute Gasteiger partial charge is 0.480 e. The van der Waals surface area contributed by atoms with Gasteiger partial charge in [-0.25, -0.2) is 4.79 Å². The number of hydrogen-bond acceptors (Lipinski definition) is 3. The molecule has 0 spiro atoms. The van der Waals surface area contributed by atoms with Gasteiger partial charge in [0, 0.05) is 6.61 Å². The molecule has 1 N–H and O–H groups in total. The van der Waals surface area contributed by atoms with Gasteiger partial charge in [-0.05, 0) is 13.3 Å². The molecule has 0 rings (SSSR count). The fraction of sp³-hybridized carbons (Fsp3) is 0.950. The Kier molecular flexibility index (Phi) is 18.2. The Bertz CT molecular complexity index is 268. The van der Waals surface area contributed by atoms with E-state index in [-0.39, 0.29) is 6.61 Å². The van der Waals surface area contributed by atoms with Crippen molar-refractivity contribution in [3.8, 4) is 0 Å². The van der Waals surface area contributed by atoms with Crippen molar-refractivity contribution < 1.29 is 19.4 Å². The molecule has 24 heavy (non-hydrogen) atoms. The first-order chi connectivity index (χ1) is 11.7. The molecule has 0 saturated heterocycles. The molecule has 0 heterocycles.